The molecule has 20 heteroatoms. The number of hydrogen-bond acceptors (Lipinski definition) is 14. The van der Waals surface area contributed by atoms with Crippen LogP contribution >= 0.6 is 0 Å². The summed E-state index contributed by atoms with van der Waals surface area (Å²) >= 11 is -18.3. The monoisotopic (exact) mass is 754 g/mol. The Morgan fingerprint density at radius 2 is 0.500 bits per heavy atom. The van der Waals surface area contributed by atoms with Crippen molar-refractivity contribution in [3.63, 3.8) is 0 Å². The Hall–Kier alpha value is 2.71. The van der Waals surface area contributed by atoms with E-state index < -0.39 is 89.4 Å². The minimum absolute atomic E-state index is 0. The second-order valence-electron chi connectivity index (χ2n) is 0.978. The van der Waals surface area contributed by atoms with Crippen molar-refractivity contribution in [3.05, 3.63) is 0 Å². The van der Waals surface area contributed by atoms with E-state index in [1.54, 1.807) is 0 Å². The van der Waals surface area contributed by atoms with Crippen LogP contribution < -0.4 is 16.1 Å². The summed E-state index contributed by atoms with van der Waals surface area (Å²) in [6, 6.07) is 0. The fraction of sp³-hybridized carbons (Fsp3) is 0. The zero-order valence-corrected chi connectivity index (χ0v) is 21.9. The average molecular weight is 753 g/mol. The molecule has 0 radical (unpaired) electrons. The number of hydrogen-bond donors (Lipinski definition) is 0. The van der Waals surface area contributed by atoms with Gasteiger partial charge in [-0.15, -0.1) is 0 Å². The molecule has 0 saturated carbocycles. The summed E-state index contributed by atoms with van der Waals surface area (Å²) in [6.45, 7) is 0. The fourth-order valence-electron chi connectivity index (χ4n) is 0. The van der Waals surface area contributed by atoms with Crippen LogP contribution in [0.4, 0.5) is 0 Å². The van der Waals surface area contributed by atoms with E-state index in [0.29, 0.717) is 0 Å². The van der Waals surface area contributed by atoms with Gasteiger partial charge in [0.1, 0.15) is 0 Å². The van der Waals surface area contributed by atoms with Crippen LogP contribution in [0.2, 0.25) is 0 Å². The molecule has 20 heavy (non-hydrogen) atoms. The van der Waals surface area contributed by atoms with E-state index in [4.69, 9.17) is 50.0 Å². The zero-order chi connectivity index (χ0) is 17.0. The Kier molecular flexibility index (Phi) is 72.3. The molecule has 0 bridgehead atoms. The van der Waals surface area contributed by atoms with Crippen LogP contribution in [0.3, 0.4) is 0 Å². The zero-order valence-electron chi connectivity index (χ0n) is 8.71. The van der Waals surface area contributed by atoms with Gasteiger partial charge >= 0.3 is 185 Å². The molecule has 0 heterocycles. The van der Waals surface area contributed by atoms with Crippen molar-refractivity contribution >= 4 is 45.5 Å². The fourth-order valence-corrected chi connectivity index (χ4v) is 0. The smallest absolute Gasteiger partial charge is 2.00 e. The van der Waals surface area contributed by atoms with Crippen LogP contribution in [0.1, 0.15) is 0 Å². The first-order valence-electron chi connectivity index (χ1n) is 2.60. The molecule has 0 unspecified atom stereocenters. The first kappa shape index (κ1) is 38.3. The van der Waals surface area contributed by atoms with Gasteiger partial charge in [0.25, 0.3) is 0 Å². The van der Waals surface area contributed by atoms with Gasteiger partial charge in [0, 0.05) is 0 Å². The van der Waals surface area contributed by atoms with Gasteiger partial charge in [-0.2, -0.15) is 0 Å². The molecule has 110 valence electrons. The summed E-state index contributed by atoms with van der Waals surface area (Å²) in [5, 5.41) is 0. The Labute approximate surface area is 181 Å². The van der Waals surface area contributed by atoms with Gasteiger partial charge in [-0.3, -0.25) is 0 Å². The predicted molar refractivity (Wildman–Crippen MR) is 12.6 cm³/mol. The van der Waals surface area contributed by atoms with Crippen LogP contribution in [0.15, 0.2) is 0 Å². The molecular weight excluding hydrogens is 753 g/mol. The van der Waals surface area contributed by atoms with E-state index in [1.807, 2.05) is 0 Å². The van der Waals surface area contributed by atoms with Crippen molar-refractivity contribution in [3.8, 4) is 0 Å². The molecule has 0 N–H and O–H groups in total. The molecule has 0 aromatic carbocycles. The summed E-state index contributed by atoms with van der Waals surface area (Å²) in [5.74, 6) is 0. The molecule has 0 aromatic heterocycles. The third-order valence-corrected chi connectivity index (χ3v) is 0. The Balaban J connectivity index is -0.0000000304. The Bertz CT molecular complexity index is 371. The standard InChI is InChI=1S/14O.Sr.U.4V/q;;;;;;;;;;4*-1;2*+2;;;;. The molecule has 0 aromatic rings. The molecule has 0 aliphatic heterocycles. The Morgan fingerprint density at radius 3 is 0.500 bits per heavy atom. The van der Waals surface area contributed by atoms with Crippen molar-refractivity contribution in [2.75, 3.05) is 0 Å². The maximum absolute atomic E-state index is 8.58. The van der Waals surface area contributed by atoms with Crippen LogP contribution in [0.5, 0.6) is 0 Å². The maximum atomic E-state index is 8.58. The summed E-state index contributed by atoms with van der Waals surface area (Å²) in [5.41, 5.74) is 0. The topological polar surface area (TPSA) is 263 Å². The van der Waals surface area contributed by atoms with Crippen LogP contribution in [-0.2, 0) is 95.5 Å². The number of rotatable bonds is 0. The quantitative estimate of drug-likeness (QED) is 0.209. The molecular formula is O14SrUV4. The summed E-state index contributed by atoms with van der Waals surface area (Å²) in [7, 11) is 0. The predicted octanol–water partition coefficient (Wildman–Crippen LogP) is -6.33. The van der Waals surface area contributed by atoms with Crippen molar-refractivity contribution in [1.29, 1.82) is 0 Å². The third-order valence-electron chi connectivity index (χ3n) is 0. The maximum Gasteiger partial charge on any atom is 2.00 e. The molecule has 0 aliphatic rings. The van der Waals surface area contributed by atoms with Gasteiger partial charge in [-0.1, -0.05) is 0 Å². The van der Waals surface area contributed by atoms with Gasteiger partial charge in [0.2, 0.25) is 0 Å². The van der Waals surface area contributed by atoms with Crippen LogP contribution in [-0.4, -0.2) is 45.5 Å². The van der Waals surface area contributed by atoms with Crippen molar-refractivity contribution in [2.45, 2.75) is 0 Å². The summed E-state index contributed by atoms with van der Waals surface area (Å²) in [6.07, 6.45) is 0. The first-order chi connectivity index (χ1) is 8.34. The van der Waals surface area contributed by atoms with E-state index in [9.17, 15) is 0 Å². The second kappa shape index (κ2) is 37.7. The molecule has 0 spiro atoms. The Morgan fingerprint density at radius 1 is 0.500 bits per heavy atom. The van der Waals surface area contributed by atoms with E-state index in [1.165, 1.54) is 0 Å². The second-order valence-corrected chi connectivity index (χ2v) is 4.47. The van der Waals surface area contributed by atoms with E-state index in [2.05, 4.69) is 0 Å². The average Bonchev–Trinajstić information content (AvgIpc) is 1.97. The van der Waals surface area contributed by atoms with Crippen molar-refractivity contribution < 1.29 is 139 Å². The van der Waals surface area contributed by atoms with E-state index in [0.717, 1.165) is 0 Å². The van der Waals surface area contributed by atoms with Crippen molar-refractivity contribution in [2.24, 2.45) is 0 Å². The molecule has 0 rings (SSSR count). The molecule has 0 amide bonds. The normalized spacial score (nSPS) is 5.40. The van der Waals surface area contributed by atoms with Crippen molar-refractivity contribution in [1.82, 2.24) is 0 Å². The van der Waals surface area contributed by atoms with Gasteiger partial charge in [-0.05, 0) is 0 Å². The minimum atomic E-state index is -3.94. The minimum Gasteiger partial charge on any atom is 2.00 e. The molecule has 0 aliphatic carbocycles. The van der Waals surface area contributed by atoms with Crippen LogP contribution in [0, 0.1) is 27.8 Å². The SMILES string of the molecule is [O]=[U+2]=[O].[O]=[V](=[O])[O-].[O]=[V](=[O])[O-].[O]=[V](=[O])[O-].[O]=[V](=[O])[O-].[Sr+2]. The van der Waals surface area contributed by atoms with E-state index in [-0.39, 0.29) is 45.5 Å². The molecule has 0 saturated heterocycles. The molecule has 0 fully saturated rings. The largest absolute Gasteiger partial charge is 2.00 e. The molecule has 14 nitrogen and oxygen atoms in total. The van der Waals surface area contributed by atoms with Gasteiger partial charge in [-0.25, -0.2) is 0 Å². The van der Waals surface area contributed by atoms with Crippen LogP contribution in [0.25, 0.3) is 0 Å². The summed E-state index contributed by atoms with van der Waals surface area (Å²) in [4.78, 5) is 0. The van der Waals surface area contributed by atoms with E-state index >= 15 is 0 Å². The van der Waals surface area contributed by atoms with Gasteiger partial charge < -0.3 is 0 Å². The molecule has 0 atom stereocenters. The summed E-state index contributed by atoms with van der Waals surface area (Å²) < 4.78 is 120. The van der Waals surface area contributed by atoms with Gasteiger partial charge in [0.15, 0.2) is 0 Å². The van der Waals surface area contributed by atoms with Gasteiger partial charge in [0.05, 0.1) is 0 Å². The first-order valence-corrected chi connectivity index (χ1v) is 12.8. The third kappa shape index (κ3) is 1100.